The van der Waals surface area contributed by atoms with E-state index >= 15 is 0 Å². The van der Waals surface area contributed by atoms with Crippen LogP contribution in [0, 0.1) is 5.92 Å². The van der Waals surface area contributed by atoms with E-state index in [1.165, 1.54) is 0 Å². The molecule has 3 rings (SSSR count). The van der Waals surface area contributed by atoms with Crippen molar-refractivity contribution in [2.24, 2.45) is 5.92 Å². The average Bonchev–Trinajstić information content (AvgIpc) is 2.87. The maximum Gasteiger partial charge on any atom is 0.356 e. The molecule has 0 radical (unpaired) electrons. The van der Waals surface area contributed by atoms with Gasteiger partial charge < -0.3 is 10.2 Å². The van der Waals surface area contributed by atoms with Gasteiger partial charge in [0.15, 0.2) is 5.69 Å². The molecule has 1 aliphatic rings. The molecule has 1 aliphatic carbocycles. The minimum absolute atomic E-state index is 0.0732. The van der Waals surface area contributed by atoms with Gasteiger partial charge in [0, 0.05) is 16.3 Å². The van der Waals surface area contributed by atoms with E-state index in [1.54, 1.807) is 28.9 Å². The van der Waals surface area contributed by atoms with E-state index in [4.69, 9.17) is 16.7 Å². The molecule has 1 aromatic carbocycles. The maximum absolute atomic E-state index is 11.4. The summed E-state index contributed by atoms with van der Waals surface area (Å²) in [6, 6.07) is 6.91. The summed E-state index contributed by atoms with van der Waals surface area (Å²) in [5.41, 5.74) is 1.91. The first kappa shape index (κ1) is 14.6. The summed E-state index contributed by atoms with van der Waals surface area (Å²) in [5, 5.41) is 23.2. The van der Waals surface area contributed by atoms with Gasteiger partial charge in [-0.05, 0) is 43.5 Å². The molecule has 0 spiro atoms. The van der Waals surface area contributed by atoms with Crippen molar-refractivity contribution < 1.29 is 19.8 Å². The lowest BCUT2D eigenvalue weighted by atomic mass is 9.86. The van der Waals surface area contributed by atoms with Crippen molar-refractivity contribution in [3.8, 4) is 5.69 Å². The summed E-state index contributed by atoms with van der Waals surface area (Å²) in [7, 11) is 0. The molecule has 0 amide bonds. The Labute approximate surface area is 130 Å². The molecule has 0 saturated carbocycles. The van der Waals surface area contributed by atoms with Crippen LogP contribution in [0.5, 0.6) is 0 Å². The molecule has 114 valence electrons. The van der Waals surface area contributed by atoms with Gasteiger partial charge in [0.1, 0.15) is 0 Å². The Kier molecular flexibility index (Phi) is 3.62. The van der Waals surface area contributed by atoms with Crippen LogP contribution >= 0.6 is 11.6 Å². The smallest absolute Gasteiger partial charge is 0.356 e. The van der Waals surface area contributed by atoms with E-state index in [9.17, 15) is 14.7 Å². The van der Waals surface area contributed by atoms with E-state index in [2.05, 4.69) is 5.10 Å². The second-order valence-electron chi connectivity index (χ2n) is 5.25. The summed E-state index contributed by atoms with van der Waals surface area (Å²) in [5.74, 6) is -2.61. The number of carbonyl (C=O) groups is 2. The van der Waals surface area contributed by atoms with Crippen LogP contribution in [0.15, 0.2) is 24.3 Å². The number of nitrogens with zero attached hydrogens (tertiary/aromatic N) is 2. The second kappa shape index (κ2) is 5.46. The molecule has 0 saturated heterocycles. The van der Waals surface area contributed by atoms with Crippen LogP contribution in [0.3, 0.4) is 0 Å². The fourth-order valence-electron chi connectivity index (χ4n) is 2.79. The van der Waals surface area contributed by atoms with E-state index in [-0.39, 0.29) is 12.1 Å². The highest BCUT2D eigenvalue weighted by Crippen LogP contribution is 2.30. The fourth-order valence-corrected chi connectivity index (χ4v) is 2.92. The minimum Gasteiger partial charge on any atom is -0.481 e. The van der Waals surface area contributed by atoms with Crippen molar-refractivity contribution in [2.75, 3.05) is 0 Å². The molecule has 1 heterocycles. The van der Waals surface area contributed by atoms with Crippen LogP contribution in [-0.4, -0.2) is 31.9 Å². The molecule has 22 heavy (non-hydrogen) atoms. The highest BCUT2D eigenvalue weighted by atomic mass is 35.5. The number of carboxylic acid groups (broad SMARTS) is 2. The zero-order valence-electron chi connectivity index (χ0n) is 11.5. The number of halogens is 1. The molecule has 1 unspecified atom stereocenters. The molecular weight excluding hydrogens is 308 g/mol. The Bertz CT molecular complexity index is 752. The monoisotopic (exact) mass is 320 g/mol. The third kappa shape index (κ3) is 2.46. The normalized spacial score (nSPS) is 17.0. The molecule has 0 bridgehead atoms. The van der Waals surface area contributed by atoms with Crippen molar-refractivity contribution >= 4 is 23.5 Å². The third-order valence-electron chi connectivity index (χ3n) is 3.89. The number of hydrogen-bond acceptors (Lipinski definition) is 3. The first-order valence-corrected chi connectivity index (χ1v) is 7.18. The number of hydrogen-bond donors (Lipinski definition) is 2. The Hall–Kier alpha value is -2.34. The topological polar surface area (TPSA) is 92.4 Å². The quantitative estimate of drug-likeness (QED) is 0.906. The van der Waals surface area contributed by atoms with Crippen molar-refractivity contribution in [2.45, 2.75) is 19.3 Å². The maximum atomic E-state index is 11.4. The van der Waals surface area contributed by atoms with Crippen LogP contribution in [0.25, 0.3) is 5.69 Å². The van der Waals surface area contributed by atoms with Gasteiger partial charge in [-0.3, -0.25) is 4.79 Å². The Morgan fingerprint density at radius 3 is 2.50 bits per heavy atom. The molecule has 0 fully saturated rings. The molecule has 2 N–H and O–H groups in total. The van der Waals surface area contributed by atoms with E-state index in [0.29, 0.717) is 29.1 Å². The number of rotatable bonds is 3. The van der Waals surface area contributed by atoms with E-state index < -0.39 is 17.9 Å². The second-order valence-corrected chi connectivity index (χ2v) is 5.68. The first-order valence-electron chi connectivity index (χ1n) is 6.80. The van der Waals surface area contributed by atoms with Crippen molar-refractivity contribution in [3.63, 3.8) is 0 Å². The van der Waals surface area contributed by atoms with Gasteiger partial charge in [0.2, 0.25) is 0 Å². The van der Waals surface area contributed by atoms with Gasteiger partial charge in [-0.2, -0.15) is 5.10 Å². The first-order chi connectivity index (χ1) is 10.5. The predicted molar refractivity (Wildman–Crippen MR) is 78.7 cm³/mol. The molecule has 6 nitrogen and oxygen atoms in total. The summed E-state index contributed by atoms with van der Waals surface area (Å²) in [6.07, 6.45) is 1.15. The van der Waals surface area contributed by atoms with Crippen molar-refractivity contribution in [1.29, 1.82) is 0 Å². The zero-order chi connectivity index (χ0) is 15.9. The predicted octanol–water partition coefficient (Wildman–Crippen LogP) is 2.41. The number of aliphatic carboxylic acids is 1. The summed E-state index contributed by atoms with van der Waals surface area (Å²) in [6.45, 7) is 0. The molecule has 7 heteroatoms. The zero-order valence-corrected chi connectivity index (χ0v) is 12.2. The molecular formula is C15H13ClN2O4. The highest BCUT2D eigenvalue weighted by Gasteiger charge is 2.32. The third-order valence-corrected chi connectivity index (χ3v) is 4.14. The molecule has 1 atom stereocenters. The van der Waals surface area contributed by atoms with Crippen LogP contribution in [0.4, 0.5) is 0 Å². The van der Waals surface area contributed by atoms with Gasteiger partial charge in [-0.1, -0.05) is 11.6 Å². The van der Waals surface area contributed by atoms with Crippen LogP contribution < -0.4 is 0 Å². The van der Waals surface area contributed by atoms with Crippen molar-refractivity contribution in [1.82, 2.24) is 9.78 Å². The van der Waals surface area contributed by atoms with Crippen LogP contribution in [0.1, 0.15) is 28.2 Å². The van der Waals surface area contributed by atoms with Gasteiger partial charge >= 0.3 is 11.9 Å². The van der Waals surface area contributed by atoms with Gasteiger partial charge in [-0.25, -0.2) is 9.48 Å². The van der Waals surface area contributed by atoms with E-state index in [1.807, 2.05) is 0 Å². The largest absolute Gasteiger partial charge is 0.481 e. The number of carboxylic acids is 2. The summed E-state index contributed by atoms with van der Waals surface area (Å²) < 4.78 is 1.58. The number of fused-ring (bicyclic) bond motifs is 1. The summed E-state index contributed by atoms with van der Waals surface area (Å²) in [4.78, 5) is 22.6. The lowest BCUT2D eigenvalue weighted by Gasteiger charge is -2.19. The Morgan fingerprint density at radius 1 is 1.23 bits per heavy atom. The SMILES string of the molecule is O=C(O)c1nn(-c2ccc(Cl)cc2)c2c1CC(C(=O)O)CC2. The van der Waals surface area contributed by atoms with Gasteiger partial charge in [0.05, 0.1) is 11.6 Å². The average molecular weight is 321 g/mol. The number of aromatic nitrogens is 2. The van der Waals surface area contributed by atoms with Crippen LogP contribution in [0.2, 0.25) is 5.02 Å². The minimum atomic E-state index is -1.14. The Morgan fingerprint density at radius 2 is 1.91 bits per heavy atom. The lowest BCUT2D eigenvalue weighted by Crippen LogP contribution is -2.23. The standard InChI is InChI=1S/C15H13ClN2O4/c16-9-2-4-10(5-3-9)18-12-6-1-8(14(19)20)7-11(12)13(17-18)15(21)22/h2-5,8H,1,6-7H2,(H,19,20)(H,21,22). The number of aromatic carboxylic acids is 1. The van der Waals surface area contributed by atoms with Crippen molar-refractivity contribution in [3.05, 3.63) is 46.2 Å². The van der Waals surface area contributed by atoms with Crippen LogP contribution in [-0.2, 0) is 17.6 Å². The fraction of sp³-hybridized carbons (Fsp3) is 0.267. The summed E-state index contributed by atoms with van der Waals surface area (Å²) >= 11 is 5.86. The molecule has 2 aromatic rings. The highest BCUT2D eigenvalue weighted by molar-refractivity contribution is 6.30. The number of benzene rings is 1. The van der Waals surface area contributed by atoms with Gasteiger partial charge in [0.25, 0.3) is 0 Å². The lowest BCUT2D eigenvalue weighted by molar-refractivity contribution is -0.142. The van der Waals surface area contributed by atoms with Gasteiger partial charge in [-0.15, -0.1) is 0 Å². The molecule has 0 aliphatic heterocycles. The molecule has 1 aromatic heterocycles. The Balaban J connectivity index is 2.10. The van der Waals surface area contributed by atoms with E-state index in [0.717, 1.165) is 5.69 Å².